The molecule has 0 aromatic carbocycles. The summed E-state index contributed by atoms with van der Waals surface area (Å²) in [7, 11) is -8.55. The van der Waals surface area contributed by atoms with Crippen LogP contribution in [-0.4, -0.2) is 71.4 Å². The molecule has 4 atom stereocenters. The van der Waals surface area contributed by atoms with Crippen molar-refractivity contribution in [1.29, 1.82) is 0 Å². The normalized spacial score (nSPS) is 17.2. The van der Waals surface area contributed by atoms with E-state index in [9.17, 15) is 9.13 Å². The van der Waals surface area contributed by atoms with Crippen LogP contribution in [0.25, 0.3) is 0 Å². The lowest BCUT2D eigenvalue weighted by Crippen LogP contribution is -2.10. The molecule has 0 saturated heterocycles. The summed E-state index contributed by atoms with van der Waals surface area (Å²) in [6.45, 7) is 6.53. The largest absolute Gasteiger partial charge is 0.483 e. The van der Waals surface area contributed by atoms with E-state index >= 15 is 0 Å². The van der Waals surface area contributed by atoms with Gasteiger partial charge in [-0.05, 0) is 65.2 Å². The molecule has 0 aliphatic carbocycles. The number of hydrogen-bond acceptors (Lipinski definition) is 9. The quantitative estimate of drug-likeness (QED) is 0.0996. The summed E-state index contributed by atoms with van der Waals surface area (Å²) >= 11 is 23.5. The topological polar surface area (TPSA) is 121 Å². The number of hydrogen-bond donors (Lipinski definition) is 2. The van der Waals surface area contributed by atoms with Crippen molar-refractivity contribution in [2.45, 2.75) is 74.9 Å². The van der Waals surface area contributed by atoms with Crippen LogP contribution in [0, 0.1) is 23.7 Å². The highest BCUT2D eigenvalue weighted by Gasteiger charge is 2.41. The Balaban J connectivity index is 0. The highest BCUT2D eigenvalue weighted by Crippen LogP contribution is 2.66. The molecule has 0 aliphatic rings. The third-order valence-electron chi connectivity index (χ3n) is 3.66. The van der Waals surface area contributed by atoms with Gasteiger partial charge in [-0.2, -0.15) is 4.31 Å². The molecule has 37 heavy (non-hydrogen) atoms. The Labute approximate surface area is 241 Å². The van der Waals surface area contributed by atoms with E-state index in [1.54, 1.807) is 27.7 Å². The first-order valence-corrected chi connectivity index (χ1v) is 16.2. The van der Waals surface area contributed by atoms with Gasteiger partial charge in [-0.15, -0.1) is 46.4 Å². The molecule has 4 unspecified atom stereocenters. The maximum atomic E-state index is 13.0. The highest BCUT2D eigenvalue weighted by molar-refractivity contribution is 7.62. The summed E-state index contributed by atoms with van der Waals surface area (Å²) < 4.78 is 52.4. The molecule has 0 spiro atoms. The van der Waals surface area contributed by atoms with Gasteiger partial charge in [-0.3, -0.25) is 18.1 Å². The minimum Gasteiger partial charge on any atom is -0.384 e. The molecule has 0 bridgehead atoms. The van der Waals surface area contributed by atoms with E-state index in [4.69, 9.17) is 79.0 Å². The molecule has 0 fully saturated rings. The van der Waals surface area contributed by atoms with Crippen molar-refractivity contribution in [3.05, 3.63) is 0 Å². The van der Waals surface area contributed by atoms with Crippen LogP contribution in [0.2, 0.25) is 0 Å². The molecular weight excluding hydrogens is 612 g/mol. The molecular formula is C22H38Cl4O9P2. The van der Waals surface area contributed by atoms with Gasteiger partial charge in [0.2, 0.25) is 0 Å². The molecule has 0 aliphatic heterocycles. The van der Waals surface area contributed by atoms with Crippen molar-refractivity contribution < 1.29 is 41.7 Å². The smallest absolute Gasteiger partial charge is 0.384 e. The van der Waals surface area contributed by atoms with E-state index in [1.165, 1.54) is 0 Å². The molecule has 0 amide bonds. The maximum Gasteiger partial charge on any atom is 0.483 e. The SMILES string of the molecule is CC(Cl)CCOP(=O)(OCCC(C)Cl)OP(=O)(OCCC(C)Cl)OCCC(C)Cl.OCC#CC#CCO. The second-order valence-electron chi connectivity index (χ2n) is 7.51. The zero-order valence-electron chi connectivity index (χ0n) is 21.5. The minimum atomic E-state index is -4.28. The number of aliphatic hydroxyl groups excluding tert-OH is 2. The van der Waals surface area contributed by atoms with Gasteiger partial charge in [0, 0.05) is 21.5 Å². The fourth-order valence-electron chi connectivity index (χ4n) is 1.77. The lowest BCUT2D eigenvalue weighted by atomic mass is 10.4. The van der Waals surface area contributed by atoms with Gasteiger partial charge >= 0.3 is 15.6 Å². The second-order valence-corrected chi connectivity index (χ2v) is 14.0. The van der Waals surface area contributed by atoms with Crippen molar-refractivity contribution in [2.75, 3.05) is 39.6 Å². The van der Waals surface area contributed by atoms with Gasteiger partial charge in [0.15, 0.2) is 0 Å². The Hall–Kier alpha value is 0.460. The molecule has 0 rings (SSSR count). The number of phosphoric acid groups is 2. The molecule has 15 heteroatoms. The number of halogens is 4. The lowest BCUT2D eigenvalue weighted by Gasteiger charge is -2.24. The van der Waals surface area contributed by atoms with E-state index in [2.05, 4.69) is 23.7 Å². The maximum absolute atomic E-state index is 13.0. The summed E-state index contributed by atoms with van der Waals surface area (Å²) in [5, 5.41) is 15.2. The Bertz CT molecular complexity index is 690. The van der Waals surface area contributed by atoms with E-state index in [0.29, 0.717) is 25.7 Å². The van der Waals surface area contributed by atoms with Crippen molar-refractivity contribution in [3.63, 3.8) is 0 Å². The number of alkyl halides is 4. The molecule has 0 aromatic heterocycles. The van der Waals surface area contributed by atoms with Gasteiger partial charge in [-0.1, -0.05) is 11.8 Å². The van der Waals surface area contributed by atoms with Crippen molar-refractivity contribution in [2.24, 2.45) is 0 Å². The van der Waals surface area contributed by atoms with E-state index in [-0.39, 0.29) is 61.1 Å². The van der Waals surface area contributed by atoms with Gasteiger partial charge in [0.05, 0.1) is 26.4 Å². The Morgan fingerprint density at radius 1 is 0.595 bits per heavy atom. The van der Waals surface area contributed by atoms with Crippen LogP contribution in [0.4, 0.5) is 0 Å². The fourth-order valence-corrected chi connectivity index (χ4v) is 5.32. The third-order valence-corrected chi connectivity index (χ3v) is 8.13. The predicted octanol–water partition coefficient (Wildman–Crippen LogP) is 6.33. The Morgan fingerprint density at radius 3 is 1.03 bits per heavy atom. The van der Waals surface area contributed by atoms with Crippen LogP contribution in [0.3, 0.4) is 0 Å². The number of rotatable bonds is 18. The van der Waals surface area contributed by atoms with Crippen molar-refractivity contribution in [1.82, 2.24) is 0 Å². The standard InChI is InChI=1S/C16H32Cl4O7P2.C6H6O2/c1-13(17)5-9-23-28(21,24-10-6-14(2)18)27-29(22,25-11-7-15(3)19)26-12-8-16(4)20;7-5-3-1-2-4-6-8/h13-16H,5-12H2,1-4H3;7-8H,5-6H2. The van der Waals surface area contributed by atoms with Crippen molar-refractivity contribution >= 4 is 62.0 Å². The van der Waals surface area contributed by atoms with Crippen LogP contribution in [-0.2, 0) is 31.5 Å². The summed E-state index contributed by atoms with van der Waals surface area (Å²) in [4.78, 5) is 0. The molecule has 218 valence electrons. The van der Waals surface area contributed by atoms with Crippen molar-refractivity contribution in [3.8, 4) is 23.7 Å². The van der Waals surface area contributed by atoms with E-state index in [1.807, 2.05) is 0 Å². The number of phosphoric ester groups is 2. The van der Waals surface area contributed by atoms with Gasteiger partial charge < -0.3 is 10.2 Å². The molecule has 0 heterocycles. The van der Waals surface area contributed by atoms with Crippen LogP contribution in [0.15, 0.2) is 0 Å². The summed E-state index contributed by atoms with van der Waals surface area (Å²) in [5.41, 5.74) is 0. The minimum absolute atomic E-state index is 0.0319. The summed E-state index contributed by atoms with van der Waals surface area (Å²) in [6, 6.07) is 0. The Kier molecular flexibility index (Phi) is 26.0. The van der Waals surface area contributed by atoms with Gasteiger partial charge in [0.1, 0.15) is 13.2 Å². The summed E-state index contributed by atoms with van der Waals surface area (Å²) in [6.07, 6.45) is 1.51. The molecule has 0 saturated carbocycles. The monoisotopic (exact) mass is 648 g/mol. The van der Waals surface area contributed by atoms with Crippen LogP contribution < -0.4 is 0 Å². The molecule has 0 aromatic rings. The lowest BCUT2D eigenvalue weighted by molar-refractivity contribution is 0.107. The zero-order chi connectivity index (χ0) is 28.7. The van der Waals surface area contributed by atoms with Crippen LogP contribution in [0.5, 0.6) is 0 Å². The Morgan fingerprint density at radius 2 is 0.838 bits per heavy atom. The van der Waals surface area contributed by atoms with Crippen LogP contribution in [0.1, 0.15) is 53.4 Å². The molecule has 0 radical (unpaired) electrons. The van der Waals surface area contributed by atoms with Gasteiger partial charge in [-0.25, -0.2) is 9.13 Å². The summed E-state index contributed by atoms with van der Waals surface area (Å²) in [5.74, 6) is 9.24. The second kappa shape index (κ2) is 24.3. The average Bonchev–Trinajstić information content (AvgIpc) is 2.76. The van der Waals surface area contributed by atoms with E-state index in [0.717, 1.165) is 0 Å². The van der Waals surface area contributed by atoms with Crippen LogP contribution >= 0.6 is 62.0 Å². The average molecular weight is 650 g/mol. The third kappa shape index (κ3) is 27.8. The molecule has 2 N–H and O–H groups in total. The fraction of sp³-hybridized carbons (Fsp3) is 0.818. The van der Waals surface area contributed by atoms with Gasteiger partial charge in [0.25, 0.3) is 0 Å². The first kappa shape index (κ1) is 39.6. The first-order valence-electron chi connectivity index (χ1n) is 11.5. The highest BCUT2D eigenvalue weighted by atomic mass is 35.5. The number of aliphatic hydroxyl groups is 2. The first-order chi connectivity index (χ1) is 17.3. The predicted molar refractivity (Wildman–Crippen MR) is 150 cm³/mol. The zero-order valence-corrected chi connectivity index (χ0v) is 26.4. The van der Waals surface area contributed by atoms with E-state index < -0.39 is 15.6 Å². The molecule has 9 nitrogen and oxygen atoms in total.